The second-order valence-electron chi connectivity index (χ2n) is 8.16. The molecule has 5 rings (SSSR count). The van der Waals surface area contributed by atoms with Crippen LogP contribution in [0.15, 0.2) is 79.1 Å². The van der Waals surface area contributed by atoms with Crippen LogP contribution in [0.3, 0.4) is 0 Å². The van der Waals surface area contributed by atoms with E-state index in [1.165, 1.54) is 35.8 Å². The number of carbonyl (C=O) groups is 1. The third-order valence-corrected chi connectivity index (χ3v) is 6.14. The third kappa shape index (κ3) is 4.17. The molecule has 4 aromatic rings. The fourth-order valence-electron chi connectivity index (χ4n) is 4.18. The SMILES string of the molecule is O=C(NCC(c1ccccc1)c1c[nH]c2ccccc12)c1ccnc(NC2CCC2)c1. The highest BCUT2D eigenvalue weighted by Gasteiger charge is 2.20. The number of fused-ring (bicyclic) bond motifs is 1. The van der Waals surface area contributed by atoms with Gasteiger partial charge < -0.3 is 15.6 Å². The molecule has 1 aliphatic carbocycles. The largest absolute Gasteiger partial charge is 0.367 e. The number of hydrogen-bond donors (Lipinski definition) is 3. The number of para-hydroxylation sites is 1. The molecule has 0 saturated heterocycles. The Morgan fingerprint density at radius 2 is 1.87 bits per heavy atom. The quantitative estimate of drug-likeness (QED) is 0.397. The Kier molecular flexibility index (Phi) is 5.40. The van der Waals surface area contributed by atoms with Gasteiger partial charge in [0.25, 0.3) is 5.91 Å². The Bertz CT molecular complexity index is 1180. The molecule has 3 N–H and O–H groups in total. The number of H-pyrrole nitrogens is 1. The summed E-state index contributed by atoms with van der Waals surface area (Å²) >= 11 is 0. The topological polar surface area (TPSA) is 69.8 Å². The van der Waals surface area contributed by atoms with E-state index in [1.807, 2.05) is 36.4 Å². The van der Waals surface area contributed by atoms with Gasteiger partial charge in [-0.15, -0.1) is 0 Å². The van der Waals surface area contributed by atoms with Gasteiger partial charge in [-0.3, -0.25) is 4.79 Å². The van der Waals surface area contributed by atoms with Crippen LogP contribution in [-0.4, -0.2) is 28.5 Å². The number of aromatic nitrogens is 2. The van der Waals surface area contributed by atoms with Gasteiger partial charge in [0.2, 0.25) is 0 Å². The second kappa shape index (κ2) is 8.64. The van der Waals surface area contributed by atoms with E-state index in [-0.39, 0.29) is 11.8 Å². The number of nitrogens with one attached hydrogen (secondary N) is 3. The Morgan fingerprint density at radius 1 is 1.06 bits per heavy atom. The zero-order valence-corrected chi connectivity index (χ0v) is 17.3. The predicted molar refractivity (Wildman–Crippen MR) is 124 cm³/mol. The van der Waals surface area contributed by atoms with Crippen LogP contribution in [0.4, 0.5) is 5.82 Å². The second-order valence-corrected chi connectivity index (χ2v) is 8.16. The summed E-state index contributed by atoms with van der Waals surface area (Å²) in [4.78, 5) is 20.7. The van der Waals surface area contributed by atoms with E-state index >= 15 is 0 Å². The van der Waals surface area contributed by atoms with Crippen molar-refractivity contribution in [3.8, 4) is 0 Å². The van der Waals surface area contributed by atoms with Crippen molar-refractivity contribution in [3.05, 3.63) is 95.8 Å². The van der Waals surface area contributed by atoms with Crippen LogP contribution in [0.1, 0.15) is 46.7 Å². The standard InChI is InChI=1S/C26H26N4O/c31-26(19-13-14-27-25(15-19)30-20-9-6-10-20)29-16-22(18-7-2-1-3-8-18)23-17-28-24-12-5-4-11-21(23)24/h1-5,7-8,11-15,17,20,22,28H,6,9-10,16H2,(H,27,30)(H,29,31). The molecule has 1 saturated carbocycles. The van der Waals surface area contributed by atoms with Gasteiger partial charge >= 0.3 is 0 Å². The van der Waals surface area contributed by atoms with Gasteiger partial charge in [-0.05, 0) is 48.6 Å². The summed E-state index contributed by atoms with van der Waals surface area (Å²) in [6.45, 7) is 0.512. The minimum absolute atomic E-state index is 0.0516. The maximum absolute atomic E-state index is 13.0. The molecule has 5 heteroatoms. The lowest BCUT2D eigenvalue weighted by atomic mass is 9.91. The molecular formula is C26H26N4O. The number of anilines is 1. The minimum atomic E-state index is -0.0835. The smallest absolute Gasteiger partial charge is 0.251 e. The number of amides is 1. The molecule has 2 aromatic carbocycles. The van der Waals surface area contributed by atoms with E-state index in [4.69, 9.17) is 0 Å². The summed E-state index contributed by atoms with van der Waals surface area (Å²) in [7, 11) is 0. The lowest BCUT2D eigenvalue weighted by Crippen LogP contribution is -2.30. The average Bonchev–Trinajstić information content (AvgIpc) is 3.21. The summed E-state index contributed by atoms with van der Waals surface area (Å²) in [6.07, 6.45) is 7.35. The number of rotatable bonds is 7. The molecule has 1 aliphatic rings. The monoisotopic (exact) mass is 410 g/mol. The molecule has 156 valence electrons. The summed E-state index contributed by atoms with van der Waals surface area (Å²) in [5, 5.41) is 7.74. The zero-order chi connectivity index (χ0) is 21.0. The predicted octanol–water partition coefficient (Wildman–Crippen LogP) is 5.09. The van der Waals surface area contributed by atoms with E-state index < -0.39 is 0 Å². The van der Waals surface area contributed by atoms with Crippen molar-refractivity contribution in [2.45, 2.75) is 31.2 Å². The van der Waals surface area contributed by atoms with Crippen molar-refractivity contribution in [3.63, 3.8) is 0 Å². The zero-order valence-electron chi connectivity index (χ0n) is 17.3. The van der Waals surface area contributed by atoms with Crippen LogP contribution >= 0.6 is 0 Å². The first kappa shape index (κ1) is 19.4. The summed E-state index contributed by atoms with van der Waals surface area (Å²) in [5.74, 6) is 0.740. The molecule has 0 spiro atoms. The van der Waals surface area contributed by atoms with E-state index in [1.54, 1.807) is 12.3 Å². The van der Waals surface area contributed by atoms with Crippen LogP contribution in [0, 0.1) is 0 Å². The van der Waals surface area contributed by atoms with Crippen molar-refractivity contribution >= 4 is 22.6 Å². The number of benzene rings is 2. The van der Waals surface area contributed by atoms with E-state index in [2.05, 4.69) is 51.1 Å². The van der Waals surface area contributed by atoms with E-state index in [0.29, 0.717) is 18.2 Å². The number of carbonyl (C=O) groups excluding carboxylic acids is 1. The van der Waals surface area contributed by atoms with Gasteiger partial charge in [0.15, 0.2) is 0 Å². The van der Waals surface area contributed by atoms with Gasteiger partial charge in [0, 0.05) is 47.4 Å². The third-order valence-electron chi connectivity index (χ3n) is 6.14. The average molecular weight is 411 g/mol. The number of hydrogen-bond acceptors (Lipinski definition) is 3. The van der Waals surface area contributed by atoms with Gasteiger partial charge in [-0.25, -0.2) is 4.98 Å². The van der Waals surface area contributed by atoms with Crippen LogP contribution in [0.5, 0.6) is 0 Å². The van der Waals surface area contributed by atoms with Crippen molar-refractivity contribution in [1.29, 1.82) is 0 Å². The molecule has 1 atom stereocenters. The minimum Gasteiger partial charge on any atom is -0.367 e. The number of nitrogens with zero attached hydrogens (tertiary/aromatic N) is 1. The molecule has 1 fully saturated rings. The molecule has 0 radical (unpaired) electrons. The van der Waals surface area contributed by atoms with Crippen molar-refractivity contribution < 1.29 is 4.79 Å². The lowest BCUT2D eigenvalue weighted by molar-refractivity contribution is 0.0952. The number of aromatic amines is 1. The van der Waals surface area contributed by atoms with Gasteiger partial charge in [0.1, 0.15) is 5.82 Å². The maximum Gasteiger partial charge on any atom is 0.251 e. The van der Waals surface area contributed by atoms with Crippen LogP contribution in [0.25, 0.3) is 10.9 Å². The Balaban J connectivity index is 1.36. The summed E-state index contributed by atoms with van der Waals surface area (Å²) in [5.41, 5.74) is 4.09. The highest BCUT2D eigenvalue weighted by molar-refractivity contribution is 5.95. The molecule has 31 heavy (non-hydrogen) atoms. The van der Waals surface area contributed by atoms with Crippen LogP contribution in [-0.2, 0) is 0 Å². The first-order chi connectivity index (χ1) is 15.3. The van der Waals surface area contributed by atoms with Crippen LogP contribution in [0.2, 0.25) is 0 Å². The fraction of sp³-hybridized carbons (Fsp3) is 0.231. The Labute approximate surface area is 181 Å². The summed E-state index contributed by atoms with van der Waals surface area (Å²) in [6, 6.07) is 22.7. The number of pyridine rings is 1. The molecular weight excluding hydrogens is 384 g/mol. The molecule has 2 aromatic heterocycles. The first-order valence-electron chi connectivity index (χ1n) is 10.9. The Morgan fingerprint density at radius 3 is 2.68 bits per heavy atom. The van der Waals surface area contributed by atoms with Gasteiger partial charge in [-0.1, -0.05) is 48.5 Å². The first-order valence-corrected chi connectivity index (χ1v) is 10.9. The maximum atomic E-state index is 13.0. The normalized spacial score (nSPS) is 14.7. The molecule has 0 aliphatic heterocycles. The van der Waals surface area contributed by atoms with E-state index in [9.17, 15) is 4.79 Å². The van der Waals surface area contributed by atoms with Gasteiger partial charge in [-0.2, -0.15) is 0 Å². The molecule has 5 nitrogen and oxygen atoms in total. The lowest BCUT2D eigenvalue weighted by Gasteiger charge is -2.27. The molecule has 2 heterocycles. The van der Waals surface area contributed by atoms with Crippen molar-refractivity contribution in [1.82, 2.24) is 15.3 Å². The fourth-order valence-corrected chi connectivity index (χ4v) is 4.18. The van der Waals surface area contributed by atoms with Crippen molar-refractivity contribution in [2.75, 3.05) is 11.9 Å². The van der Waals surface area contributed by atoms with Crippen molar-refractivity contribution in [2.24, 2.45) is 0 Å². The highest BCUT2D eigenvalue weighted by atomic mass is 16.1. The summed E-state index contributed by atoms with van der Waals surface area (Å²) < 4.78 is 0. The molecule has 1 unspecified atom stereocenters. The van der Waals surface area contributed by atoms with Crippen LogP contribution < -0.4 is 10.6 Å². The molecule has 1 amide bonds. The highest BCUT2D eigenvalue weighted by Crippen LogP contribution is 2.30. The van der Waals surface area contributed by atoms with E-state index in [0.717, 1.165) is 11.3 Å². The molecule has 0 bridgehead atoms. The van der Waals surface area contributed by atoms with Gasteiger partial charge in [0.05, 0.1) is 0 Å². The Hall–Kier alpha value is -3.60.